The van der Waals surface area contributed by atoms with Crippen LogP contribution in [0.4, 0.5) is 0 Å². The second kappa shape index (κ2) is 5.39. The summed E-state index contributed by atoms with van der Waals surface area (Å²) >= 11 is 5.91. The lowest BCUT2D eigenvalue weighted by Gasteiger charge is -2.45. The van der Waals surface area contributed by atoms with Crippen LogP contribution in [-0.4, -0.2) is 6.04 Å². The maximum atomic E-state index is 5.91. The highest BCUT2D eigenvalue weighted by molar-refractivity contribution is 6.30. The van der Waals surface area contributed by atoms with Crippen molar-refractivity contribution in [2.24, 2.45) is 0 Å². The molecular weight excluding hydrogens is 241 g/mol. The highest BCUT2D eigenvalue weighted by Gasteiger charge is 2.38. The van der Waals surface area contributed by atoms with E-state index in [-0.39, 0.29) is 17.9 Å². The van der Waals surface area contributed by atoms with Gasteiger partial charge in [-0.15, -0.1) is 12.4 Å². The fourth-order valence-corrected chi connectivity index (χ4v) is 2.49. The van der Waals surface area contributed by atoms with Crippen molar-refractivity contribution >= 4 is 24.0 Å². The highest BCUT2D eigenvalue weighted by atomic mass is 35.5. The van der Waals surface area contributed by atoms with Gasteiger partial charge >= 0.3 is 0 Å². The molecule has 1 saturated carbocycles. The van der Waals surface area contributed by atoms with Crippen molar-refractivity contribution in [3.8, 4) is 0 Å². The standard InChI is InChI=1S/C13H18ClN.ClH/c1-10(2)15-13(8-3-9-13)11-4-6-12(14)7-5-11;/h4-7,10,15H,3,8-9H2,1-2H3;1H. The zero-order valence-electron chi connectivity index (χ0n) is 9.79. The molecule has 0 amide bonds. The van der Waals surface area contributed by atoms with Crippen LogP contribution in [0, 0.1) is 0 Å². The molecule has 1 nitrogen and oxygen atoms in total. The van der Waals surface area contributed by atoms with E-state index in [2.05, 4.69) is 31.3 Å². The van der Waals surface area contributed by atoms with Gasteiger partial charge in [-0.1, -0.05) is 37.6 Å². The fourth-order valence-electron chi connectivity index (χ4n) is 2.37. The van der Waals surface area contributed by atoms with Gasteiger partial charge in [0.1, 0.15) is 0 Å². The molecule has 0 aromatic heterocycles. The maximum Gasteiger partial charge on any atom is 0.0436 e. The van der Waals surface area contributed by atoms with Crippen LogP contribution in [0.2, 0.25) is 5.02 Å². The van der Waals surface area contributed by atoms with Gasteiger partial charge < -0.3 is 5.32 Å². The van der Waals surface area contributed by atoms with E-state index in [1.165, 1.54) is 24.8 Å². The number of benzene rings is 1. The van der Waals surface area contributed by atoms with Crippen molar-refractivity contribution in [1.82, 2.24) is 5.32 Å². The van der Waals surface area contributed by atoms with E-state index in [9.17, 15) is 0 Å². The summed E-state index contributed by atoms with van der Waals surface area (Å²) in [7, 11) is 0. The summed E-state index contributed by atoms with van der Waals surface area (Å²) < 4.78 is 0. The van der Waals surface area contributed by atoms with Gasteiger partial charge in [0.2, 0.25) is 0 Å². The zero-order valence-corrected chi connectivity index (χ0v) is 11.4. The Morgan fingerprint density at radius 1 is 1.19 bits per heavy atom. The quantitative estimate of drug-likeness (QED) is 0.861. The van der Waals surface area contributed by atoms with E-state index in [0.717, 1.165) is 5.02 Å². The SMILES string of the molecule is CC(C)NC1(c2ccc(Cl)cc2)CCC1.Cl. The van der Waals surface area contributed by atoms with Crippen molar-refractivity contribution in [2.45, 2.75) is 44.7 Å². The Kier molecular flexibility index (Phi) is 4.66. The summed E-state index contributed by atoms with van der Waals surface area (Å²) in [5, 5.41) is 4.50. The minimum Gasteiger partial charge on any atom is -0.305 e. The van der Waals surface area contributed by atoms with Crippen molar-refractivity contribution in [3.63, 3.8) is 0 Å². The van der Waals surface area contributed by atoms with Crippen LogP contribution in [-0.2, 0) is 5.54 Å². The Bertz CT molecular complexity index is 328. The summed E-state index contributed by atoms with van der Waals surface area (Å²) in [6.07, 6.45) is 3.81. The maximum absolute atomic E-state index is 5.91. The molecule has 1 N–H and O–H groups in total. The third-order valence-electron chi connectivity index (χ3n) is 3.17. The van der Waals surface area contributed by atoms with Crippen LogP contribution in [0.5, 0.6) is 0 Å². The lowest BCUT2D eigenvalue weighted by molar-refractivity contribution is 0.171. The molecule has 1 fully saturated rings. The second-order valence-corrected chi connectivity index (χ2v) is 5.18. The topological polar surface area (TPSA) is 12.0 Å². The molecule has 0 radical (unpaired) electrons. The molecule has 16 heavy (non-hydrogen) atoms. The first-order valence-corrected chi connectivity index (χ1v) is 6.04. The van der Waals surface area contributed by atoms with Gasteiger partial charge in [-0.25, -0.2) is 0 Å². The smallest absolute Gasteiger partial charge is 0.0436 e. The Morgan fingerprint density at radius 3 is 2.12 bits per heavy atom. The van der Waals surface area contributed by atoms with Gasteiger partial charge in [0.25, 0.3) is 0 Å². The first-order chi connectivity index (χ1) is 7.12. The number of nitrogens with one attached hydrogen (secondary N) is 1. The minimum absolute atomic E-state index is 0. The molecule has 2 rings (SSSR count). The second-order valence-electron chi connectivity index (χ2n) is 4.74. The van der Waals surface area contributed by atoms with Crippen LogP contribution in [0.15, 0.2) is 24.3 Å². The molecule has 0 aliphatic heterocycles. The van der Waals surface area contributed by atoms with Gasteiger partial charge in [0.15, 0.2) is 0 Å². The number of hydrogen-bond donors (Lipinski definition) is 1. The van der Waals surface area contributed by atoms with Crippen LogP contribution >= 0.6 is 24.0 Å². The molecule has 1 aliphatic carbocycles. The average molecular weight is 260 g/mol. The van der Waals surface area contributed by atoms with Crippen LogP contribution in [0.1, 0.15) is 38.7 Å². The molecule has 0 bridgehead atoms. The minimum atomic E-state index is 0. The largest absolute Gasteiger partial charge is 0.305 e. The summed E-state index contributed by atoms with van der Waals surface area (Å²) in [6, 6.07) is 8.80. The molecule has 3 heteroatoms. The number of halogens is 2. The van der Waals surface area contributed by atoms with Crippen LogP contribution in [0.25, 0.3) is 0 Å². The van der Waals surface area contributed by atoms with E-state index in [0.29, 0.717) is 6.04 Å². The molecule has 0 atom stereocenters. The molecule has 1 aromatic carbocycles. The first kappa shape index (κ1) is 13.8. The Balaban J connectivity index is 0.00000128. The summed E-state index contributed by atoms with van der Waals surface area (Å²) in [5.41, 5.74) is 1.60. The molecule has 0 spiro atoms. The predicted molar refractivity (Wildman–Crippen MR) is 72.5 cm³/mol. The molecule has 0 heterocycles. The van der Waals surface area contributed by atoms with E-state index in [1.54, 1.807) is 0 Å². The third-order valence-corrected chi connectivity index (χ3v) is 3.42. The van der Waals surface area contributed by atoms with Crippen molar-refractivity contribution in [3.05, 3.63) is 34.9 Å². The van der Waals surface area contributed by atoms with Crippen molar-refractivity contribution in [1.29, 1.82) is 0 Å². The highest BCUT2D eigenvalue weighted by Crippen LogP contribution is 2.41. The predicted octanol–water partition coefficient (Wildman–Crippen LogP) is 4.14. The zero-order chi connectivity index (χ0) is 10.9. The average Bonchev–Trinajstić information content (AvgIpc) is 2.13. The molecule has 0 saturated heterocycles. The molecule has 1 aromatic rings. The Morgan fingerprint density at radius 2 is 1.75 bits per heavy atom. The van der Waals surface area contributed by atoms with Gasteiger partial charge in [-0.05, 0) is 37.0 Å². The molecule has 90 valence electrons. The normalized spacial score (nSPS) is 17.8. The molecule has 1 aliphatic rings. The van der Waals surface area contributed by atoms with Gasteiger partial charge in [0.05, 0.1) is 0 Å². The summed E-state index contributed by atoms with van der Waals surface area (Å²) in [6.45, 7) is 4.41. The number of rotatable bonds is 3. The fraction of sp³-hybridized carbons (Fsp3) is 0.538. The van der Waals surface area contributed by atoms with Gasteiger partial charge in [0, 0.05) is 16.6 Å². The Labute approximate surface area is 109 Å². The van der Waals surface area contributed by atoms with Crippen LogP contribution in [0.3, 0.4) is 0 Å². The van der Waals surface area contributed by atoms with Crippen molar-refractivity contribution < 1.29 is 0 Å². The van der Waals surface area contributed by atoms with E-state index < -0.39 is 0 Å². The number of hydrogen-bond acceptors (Lipinski definition) is 1. The van der Waals surface area contributed by atoms with E-state index in [4.69, 9.17) is 11.6 Å². The third kappa shape index (κ3) is 2.71. The van der Waals surface area contributed by atoms with Gasteiger partial charge in [-0.3, -0.25) is 0 Å². The van der Waals surface area contributed by atoms with E-state index in [1.807, 2.05) is 12.1 Å². The monoisotopic (exact) mass is 259 g/mol. The first-order valence-electron chi connectivity index (χ1n) is 5.66. The summed E-state index contributed by atoms with van der Waals surface area (Å²) in [4.78, 5) is 0. The van der Waals surface area contributed by atoms with Crippen LogP contribution < -0.4 is 5.32 Å². The van der Waals surface area contributed by atoms with Gasteiger partial charge in [-0.2, -0.15) is 0 Å². The molecule has 0 unspecified atom stereocenters. The lowest BCUT2D eigenvalue weighted by Crippen LogP contribution is -2.50. The summed E-state index contributed by atoms with van der Waals surface area (Å²) in [5.74, 6) is 0. The molecular formula is C13H19Cl2N. The van der Waals surface area contributed by atoms with E-state index >= 15 is 0 Å². The lowest BCUT2D eigenvalue weighted by atomic mass is 9.71. The van der Waals surface area contributed by atoms with Crippen molar-refractivity contribution in [2.75, 3.05) is 0 Å². The Hall–Kier alpha value is -0.240.